The van der Waals surface area contributed by atoms with E-state index in [0.717, 1.165) is 72.0 Å². The number of ether oxygens (including phenoxy) is 1. The van der Waals surface area contributed by atoms with Crippen molar-refractivity contribution in [1.82, 2.24) is 14.9 Å². The van der Waals surface area contributed by atoms with Gasteiger partial charge >= 0.3 is 0 Å². The summed E-state index contributed by atoms with van der Waals surface area (Å²) in [6.07, 6.45) is 2.64. The Morgan fingerprint density at radius 2 is 2.07 bits per heavy atom. The SMILES string of the molecule is Cc1[nH]c2ccc(C(=O)N3CCc4oc(C5CCOCC5)nc4C3)cc2c1C. The molecule has 1 N–H and O–H groups in total. The number of H-pyrrole nitrogens is 1. The topological polar surface area (TPSA) is 71.4 Å². The number of fused-ring (bicyclic) bond motifs is 2. The van der Waals surface area contributed by atoms with Gasteiger partial charge in [-0.1, -0.05) is 0 Å². The molecular formula is C22H25N3O3. The quantitative estimate of drug-likeness (QED) is 0.734. The van der Waals surface area contributed by atoms with Crippen LogP contribution in [0.25, 0.3) is 10.9 Å². The molecule has 2 aliphatic rings. The second-order valence-corrected chi connectivity index (χ2v) is 7.92. The first-order chi connectivity index (χ1) is 13.6. The Bertz CT molecular complexity index is 1040. The van der Waals surface area contributed by atoms with E-state index in [-0.39, 0.29) is 5.91 Å². The molecule has 1 aromatic carbocycles. The number of amides is 1. The van der Waals surface area contributed by atoms with Crippen LogP contribution >= 0.6 is 0 Å². The summed E-state index contributed by atoms with van der Waals surface area (Å²) in [5, 5.41) is 1.12. The molecule has 0 bridgehead atoms. The highest BCUT2D eigenvalue weighted by Crippen LogP contribution is 2.30. The van der Waals surface area contributed by atoms with Gasteiger partial charge in [0, 0.05) is 54.3 Å². The molecule has 0 atom stereocenters. The van der Waals surface area contributed by atoms with Gasteiger partial charge in [-0.15, -0.1) is 0 Å². The van der Waals surface area contributed by atoms with Crippen molar-refractivity contribution in [3.63, 3.8) is 0 Å². The Balaban J connectivity index is 1.37. The highest BCUT2D eigenvalue weighted by molar-refractivity contribution is 5.99. The van der Waals surface area contributed by atoms with E-state index in [1.807, 2.05) is 23.1 Å². The number of oxazole rings is 1. The number of nitrogens with one attached hydrogen (secondary N) is 1. The standard InChI is InChI=1S/C22H25N3O3/c1-13-14(2)23-18-4-3-16(11-17(13)18)22(26)25-8-5-20-19(12-25)24-21(28-20)15-6-9-27-10-7-15/h3-4,11,15,23H,5-10,12H2,1-2H3. The molecule has 146 valence electrons. The smallest absolute Gasteiger partial charge is 0.254 e. The number of carbonyl (C=O) groups is 1. The molecule has 4 heterocycles. The lowest BCUT2D eigenvalue weighted by Crippen LogP contribution is -2.35. The van der Waals surface area contributed by atoms with Crippen LogP contribution in [0.5, 0.6) is 0 Å². The Hall–Kier alpha value is -2.60. The number of benzene rings is 1. The van der Waals surface area contributed by atoms with Crippen LogP contribution < -0.4 is 0 Å². The third-order valence-electron chi connectivity index (χ3n) is 6.16. The number of hydrogen-bond donors (Lipinski definition) is 1. The summed E-state index contributed by atoms with van der Waals surface area (Å²) < 4.78 is 11.5. The van der Waals surface area contributed by atoms with E-state index in [1.54, 1.807) is 0 Å². The first-order valence-electron chi connectivity index (χ1n) is 10.0. The van der Waals surface area contributed by atoms with Crippen LogP contribution in [0.4, 0.5) is 0 Å². The van der Waals surface area contributed by atoms with Gasteiger partial charge in [0.15, 0.2) is 5.89 Å². The minimum Gasteiger partial charge on any atom is -0.445 e. The molecule has 2 aromatic heterocycles. The maximum absolute atomic E-state index is 13.1. The third-order valence-corrected chi connectivity index (χ3v) is 6.16. The van der Waals surface area contributed by atoms with E-state index < -0.39 is 0 Å². The highest BCUT2D eigenvalue weighted by atomic mass is 16.5. The average molecular weight is 379 g/mol. The lowest BCUT2D eigenvalue weighted by atomic mass is 10.0. The molecule has 1 saturated heterocycles. The van der Waals surface area contributed by atoms with Gasteiger partial charge in [-0.05, 0) is 50.5 Å². The van der Waals surface area contributed by atoms with Crippen LogP contribution in [0.3, 0.4) is 0 Å². The highest BCUT2D eigenvalue weighted by Gasteiger charge is 2.29. The molecule has 0 aliphatic carbocycles. The predicted octanol–water partition coefficient (Wildman–Crippen LogP) is 3.87. The van der Waals surface area contributed by atoms with Crippen molar-refractivity contribution in [3.05, 3.63) is 52.4 Å². The summed E-state index contributed by atoms with van der Waals surface area (Å²) in [7, 11) is 0. The number of aryl methyl sites for hydroxylation is 2. The maximum atomic E-state index is 13.1. The van der Waals surface area contributed by atoms with Gasteiger partial charge in [-0.3, -0.25) is 4.79 Å². The summed E-state index contributed by atoms with van der Waals surface area (Å²) in [5.74, 6) is 2.16. The van der Waals surface area contributed by atoms with Gasteiger partial charge in [0.05, 0.1) is 6.54 Å². The van der Waals surface area contributed by atoms with Crippen molar-refractivity contribution in [1.29, 1.82) is 0 Å². The minimum atomic E-state index is 0.0569. The molecule has 0 radical (unpaired) electrons. The van der Waals surface area contributed by atoms with Gasteiger partial charge in [0.1, 0.15) is 11.5 Å². The average Bonchev–Trinajstić information content (AvgIpc) is 3.28. The molecule has 1 fully saturated rings. The zero-order valence-electron chi connectivity index (χ0n) is 16.4. The van der Waals surface area contributed by atoms with Crippen molar-refractivity contribution in [2.75, 3.05) is 19.8 Å². The molecule has 28 heavy (non-hydrogen) atoms. The Morgan fingerprint density at radius 1 is 1.25 bits per heavy atom. The molecule has 6 nitrogen and oxygen atoms in total. The van der Waals surface area contributed by atoms with E-state index in [9.17, 15) is 4.79 Å². The largest absolute Gasteiger partial charge is 0.445 e. The van der Waals surface area contributed by atoms with Crippen molar-refractivity contribution in [2.45, 2.75) is 45.6 Å². The van der Waals surface area contributed by atoms with Crippen molar-refractivity contribution in [3.8, 4) is 0 Å². The number of nitrogens with zero attached hydrogens (tertiary/aromatic N) is 2. The second-order valence-electron chi connectivity index (χ2n) is 7.92. The zero-order valence-corrected chi connectivity index (χ0v) is 16.4. The van der Waals surface area contributed by atoms with Gasteiger partial charge < -0.3 is 19.0 Å². The molecular weight excluding hydrogens is 354 g/mol. The number of hydrogen-bond acceptors (Lipinski definition) is 4. The summed E-state index contributed by atoms with van der Waals surface area (Å²) in [5.41, 5.74) is 5.06. The zero-order chi connectivity index (χ0) is 19.3. The normalized spacial score (nSPS) is 17.9. The molecule has 0 spiro atoms. The number of aromatic amines is 1. The summed E-state index contributed by atoms with van der Waals surface area (Å²) in [4.78, 5) is 23.1. The Morgan fingerprint density at radius 3 is 2.89 bits per heavy atom. The minimum absolute atomic E-state index is 0.0569. The number of carbonyl (C=O) groups excluding carboxylic acids is 1. The van der Waals surface area contributed by atoms with Crippen molar-refractivity contribution >= 4 is 16.8 Å². The van der Waals surface area contributed by atoms with Crippen molar-refractivity contribution in [2.24, 2.45) is 0 Å². The van der Waals surface area contributed by atoms with E-state index in [1.165, 1.54) is 5.56 Å². The van der Waals surface area contributed by atoms with E-state index in [0.29, 0.717) is 19.0 Å². The second kappa shape index (κ2) is 6.78. The van der Waals surface area contributed by atoms with Crippen LogP contribution in [0.1, 0.15) is 57.7 Å². The van der Waals surface area contributed by atoms with E-state index in [2.05, 4.69) is 18.8 Å². The fraction of sp³-hybridized carbons (Fsp3) is 0.455. The van der Waals surface area contributed by atoms with Gasteiger partial charge in [-0.2, -0.15) is 0 Å². The van der Waals surface area contributed by atoms with Gasteiger partial charge in [0.2, 0.25) is 0 Å². The molecule has 6 heteroatoms. The van der Waals surface area contributed by atoms with Crippen LogP contribution in [-0.4, -0.2) is 40.5 Å². The number of aromatic nitrogens is 2. The molecule has 0 unspecified atom stereocenters. The van der Waals surface area contributed by atoms with Gasteiger partial charge in [0.25, 0.3) is 5.91 Å². The van der Waals surface area contributed by atoms with Gasteiger partial charge in [-0.25, -0.2) is 4.98 Å². The molecule has 5 rings (SSSR count). The molecule has 1 amide bonds. The Labute approximate surface area is 163 Å². The maximum Gasteiger partial charge on any atom is 0.254 e. The fourth-order valence-corrected chi connectivity index (χ4v) is 4.29. The van der Waals surface area contributed by atoms with E-state index in [4.69, 9.17) is 14.1 Å². The molecule has 2 aliphatic heterocycles. The lowest BCUT2D eigenvalue weighted by Gasteiger charge is -2.25. The monoisotopic (exact) mass is 379 g/mol. The first kappa shape index (κ1) is 17.5. The molecule has 0 saturated carbocycles. The predicted molar refractivity (Wildman–Crippen MR) is 106 cm³/mol. The summed E-state index contributed by atoms with van der Waals surface area (Å²) >= 11 is 0. The van der Waals surface area contributed by atoms with Crippen molar-refractivity contribution < 1.29 is 13.9 Å². The van der Waals surface area contributed by atoms with Crippen LogP contribution in [-0.2, 0) is 17.7 Å². The van der Waals surface area contributed by atoms with Crippen LogP contribution in [0, 0.1) is 13.8 Å². The lowest BCUT2D eigenvalue weighted by molar-refractivity contribution is 0.0726. The third kappa shape index (κ3) is 2.92. The van der Waals surface area contributed by atoms with Crippen LogP contribution in [0.15, 0.2) is 22.6 Å². The fourth-order valence-electron chi connectivity index (χ4n) is 4.29. The first-order valence-corrected chi connectivity index (χ1v) is 10.0. The Kier molecular flexibility index (Phi) is 4.23. The summed E-state index contributed by atoms with van der Waals surface area (Å²) in [6.45, 7) is 6.86. The molecule has 3 aromatic rings. The van der Waals surface area contributed by atoms with E-state index >= 15 is 0 Å². The van der Waals surface area contributed by atoms with Crippen LogP contribution in [0.2, 0.25) is 0 Å². The summed E-state index contributed by atoms with van der Waals surface area (Å²) in [6, 6.07) is 5.91. The number of rotatable bonds is 2.